The molecule has 5 heteroatoms. The first kappa shape index (κ1) is 15.1. The summed E-state index contributed by atoms with van der Waals surface area (Å²) in [6.45, 7) is 10.2. The van der Waals surface area contributed by atoms with E-state index < -0.39 is 0 Å². The molecule has 0 amide bonds. The molecular weight excluding hydrogens is 251 g/mol. The topological polar surface area (TPSA) is 43.4 Å². The molecule has 1 saturated heterocycles. The Morgan fingerprint density at radius 2 is 1.80 bits per heavy atom. The average Bonchev–Trinajstić information content (AvgIpc) is 2.57. The second-order valence-corrected chi connectivity index (χ2v) is 6.14. The lowest BCUT2D eigenvalue weighted by Crippen LogP contribution is -2.41. The third kappa shape index (κ3) is 2.89. The van der Waals surface area contributed by atoms with Crippen LogP contribution < -0.4 is 5.32 Å². The van der Waals surface area contributed by atoms with Gasteiger partial charge in [0.15, 0.2) is 0 Å². The first-order chi connectivity index (χ1) is 9.25. The van der Waals surface area contributed by atoms with E-state index in [1.165, 1.54) is 0 Å². The van der Waals surface area contributed by atoms with E-state index in [0.29, 0.717) is 0 Å². The van der Waals surface area contributed by atoms with E-state index in [1.54, 1.807) is 0 Å². The molecule has 1 aliphatic heterocycles. The Hall–Kier alpha value is -1.33. The summed E-state index contributed by atoms with van der Waals surface area (Å²) in [6.07, 6.45) is 3.83. The Morgan fingerprint density at radius 1 is 1.20 bits per heavy atom. The van der Waals surface area contributed by atoms with Gasteiger partial charge in [0.25, 0.3) is 0 Å². The van der Waals surface area contributed by atoms with Crippen molar-refractivity contribution < 1.29 is 9.31 Å². The van der Waals surface area contributed by atoms with Crippen molar-refractivity contribution in [3.63, 3.8) is 0 Å². The lowest BCUT2D eigenvalue weighted by Gasteiger charge is -2.32. The predicted octanol–water partition coefficient (Wildman–Crippen LogP) is 3.08. The standard InChI is InChI=1S/C15H23BN2O2/c1-11-13(17-6)9-12(10-18-11)7-8-16-19-14(2,3)15(4,5)20-16/h7-10,17H,1-6H3/b8-7+. The monoisotopic (exact) mass is 274 g/mol. The minimum Gasteiger partial charge on any atom is -0.400 e. The van der Waals surface area contributed by atoms with Crippen LogP contribution in [0.3, 0.4) is 0 Å². The van der Waals surface area contributed by atoms with Crippen LogP contribution in [0.5, 0.6) is 0 Å². The van der Waals surface area contributed by atoms with Crippen molar-refractivity contribution >= 4 is 18.9 Å². The van der Waals surface area contributed by atoms with Crippen LogP contribution in [0, 0.1) is 6.92 Å². The Balaban J connectivity index is 2.12. The molecule has 0 aromatic carbocycles. The quantitative estimate of drug-likeness (QED) is 0.860. The molecule has 0 unspecified atom stereocenters. The number of nitrogens with zero attached hydrogens (tertiary/aromatic N) is 1. The molecule has 2 heterocycles. The van der Waals surface area contributed by atoms with Gasteiger partial charge in [0.05, 0.1) is 22.6 Å². The maximum Gasteiger partial charge on any atom is 0.487 e. The van der Waals surface area contributed by atoms with Crippen LogP contribution in [0.15, 0.2) is 18.2 Å². The van der Waals surface area contributed by atoms with Gasteiger partial charge in [0.1, 0.15) is 0 Å². The van der Waals surface area contributed by atoms with Crippen LogP contribution in [-0.2, 0) is 9.31 Å². The third-order valence-corrected chi connectivity index (χ3v) is 4.09. The fourth-order valence-corrected chi connectivity index (χ4v) is 2.05. The van der Waals surface area contributed by atoms with Gasteiger partial charge in [-0.2, -0.15) is 0 Å². The van der Waals surface area contributed by atoms with Gasteiger partial charge in [-0.15, -0.1) is 0 Å². The molecular formula is C15H23BN2O2. The first-order valence-corrected chi connectivity index (χ1v) is 6.93. The minimum absolute atomic E-state index is 0.302. The average molecular weight is 274 g/mol. The molecule has 108 valence electrons. The van der Waals surface area contributed by atoms with Crippen LogP contribution in [0.25, 0.3) is 6.08 Å². The molecule has 4 nitrogen and oxygen atoms in total. The molecule has 1 aromatic heterocycles. The highest BCUT2D eigenvalue weighted by atomic mass is 16.7. The van der Waals surface area contributed by atoms with Crippen molar-refractivity contribution in [3.05, 3.63) is 29.5 Å². The number of rotatable bonds is 3. The van der Waals surface area contributed by atoms with Gasteiger partial charge in [-0.25, -0.2) is 0 Å². The number of hydrogen-bond acceptors (Lipinski definition) is 4. The summed E-state index contributed by atoms with van der Waals surface area (Å²) >= 11 is 0. The molecule has 0 spiro atoms. The van der Waals surface area contributed by atoms with Gasteiger partial charge in [-0.05, 0) is 46.2 Å². The summed E-state index contributed by atoms with van der Waals surface area (Å²) in [5, 5.41) is 3.13. The van der Waals surface area contributed by atoms with Gasteiger partial charge < -0.3 is 14.6 Å². The molecule has 0 saturated carbocycles. The summed E-state index contributed by atoms with van der Waals surface area (Å²) in [6, 6.07) is 2.06. The van der Waals surface area contributed by atoms with Crippen molar-refractivity contribution in [2.75, 3.05) is 12.4 Å². The highest BCUT2D eigenvalue weighted by Gasteiger charge is 2.49. The van der Waals surface area contributed by atoms with E-state index in [2.05, 4.69) is 16.4 Å². The smallest absolute Gasteiger partial charge is 0.400 e. The molecule has 0 atom stereocenters. The third-order valence-electron chi connectivity index (χ3n) is 4.09. The van der Waals surface area contributed by atoms with Crippen LogP contribution in [0.2, 0.25) is 0 Å². The van der Waals surface area contributed by atoms with Gasteiger partial charge >= 0.3 is 7.12 Å². The summed E-state index contributed by atoms with van der Waals surface area (Å²) in [5.74, 6) is 1.93. The van der Waals surface area contributed by atoms with E-state index in [-0.39, 0.29) is 18.3 Å². The molecule has 1 aliphatic rings. The molecule has 2 rings (SSSR count). The number of aryl methyl sites for hydroxylation is 1. The highest BCUT2D eigenvalue weighted by molar-refractivity contribution is 6.52. The van der Waals surface area contributed by atoms with E-state index >= 15 is 0 Å². The van der Waals surface area contributed by atoms with Crippen LogP contribution in [0.4, 0.5) is 5.69 Å². The lowest BCUT2D eigenvalue weighted by atomic mass is 9.89. The van der Waals surface area contributed by atoms with Crippen molar-refractivity contribution in [2.45, 2.75) is 45.8 Å². The second-order valence-electron chi connectivity index (χ2n) is 6.14. The lowest BCUT2D eigenvalue weighted by molar-refractivity contribution is 0.00578. The van der Waals surface area contributed by atoms with Crippen molar-refractivity contribution in [3.8, 4) is 0 Å². The number of nitrogens with one attached hydrogen (secondary N) is 1. The largest absolute Gasteiger partial charge is 0.487 e. The van der Waals surface area contributed by atoms with Crippen LogP contribution in [-0.4, -0.2) is 30.4 Å². The van der Waals surface area contributed by atoms with Crippen molar-refractivity contribution in [2.24, 2.45) is 0 Å². The first-order valence-electron chi connectivity index (χ1n) is 6.93. The number of pyridine rings is 1. The molecule has 0 bridgehead atoms. The number of hydrogen-bond donors (Lipinski definition) is 1. The molecule has 0 aliphatic carbocycles. The number of aromatic nitrogens is 1. The zero-order valence-corrected chi connectivity index (χ0v) is 13.2. The molecule has 20 heavy (non-hydrogen) atoms. The SMILES string of the molecule is CNc1cc(/C=C/B2OC(C)(C)C(C)(C)O2)cnc1C. The maximum atomic E-state index is 5.92. The van der Waals surface area contributed by atoms with Gasteiger partial charge in [-0.3, -0.25) is 4.98 Å². The van der Waals surface area contributed by atoms with Gasteiger partial charge in [0, 0.05) is 13.2 Å². The molecule has 1 N–H and O–H groups in total. The Labute approximate surface area is 121 Å². The fraction of sp³-hybridized carbons (Fsp3) is 0.533. The summed E-state index contributed by atoms with van der Waals surface area (Å²) in [7, 11) is 1.57. The summed E-state index contributed by atoms with van der Waals surface area (Å²) in [5.41, 5.74) is 2.43. The summed E-state index contributed by atoms with van der Waals surface area (Å²) < 4.78 is 11.8. The van der Waals surface area contributed by atoms with Crippen LogP contribution in [0.1, 0.15) is 39.0 Å². The Kier molecular flexibility index (Phi) is 3.94. The van der Waals surface area contributed by atoms with E-state index in [1.807, 2.05) is 59.9 Å². The van der Waals surface area contributed by atoms with E-state index in [9.17, 15) is 0 Å². The highest BCUT2D eigenvalue weighted by Crippen LogP contribution is 2.37. The maximum absolute atomic E-state index is 5.92. The van der Waals surface area contributed by atoms with Gasteiger partial charge in [0.2, 0.25) is 0 Å². The normalized spacial score (nSPS) is 20.6. The van der Waals surface area contributed by atoms with Gasteiger partial charge in [-0.1, -0.05) is 12.1 Å². The molecule has 0 radical (unpaired) electrons. The zero-order chi connectivity index (χ0) is 15.0. The zero-order valence-electron chi connectivity index (χ0n) is 13.2. The Morgan fingerprint density at radius 3 is 2.35 bits per heavy atom. The minimum atomic E-state index is -0.320. The number of anilines is 1. The Bertz CT molecular complexity index is 511. The van der Waals surface area contributed by atoms with Crippen LogP contribution >= 0.6 is 0 Å². The molecule has 1 aromatic rings. The van der Waals surface area contributed by atoms with Crippen molar-refractivity contribution in [1.82, 2.24) is 4.98 Å². The van der Waals surface area contributed by atoms with Crippen molar-refractivity contribution in [1.29, 1.82) is 0 Å². The second kappa shape index (κ2) is 5.22. The summed E-state index contributed by atoms with van der Waals surface area (Å²) in [4.78, 5) is 4.36. The fourth-order valence-electron chi connectivity index (χ4n) is 2.05. The predicted molar refractivity (Wildman–Crippen MR) is 83.6 cm³/mol. The van der Waals surface area contributed by atoms with E-state index in [4.69, 9.17) is 9.31 Å². The van der Waals surface area contributed by atoms with E-state index in [0.717, 1.165) is 16.9 Å². The molecule has 1 fully saturated rings.